The van der Waals surface area contributed by atoms with Gasteiger partial charge in [0.05, 0.1) is 23.8 Å². The van der Waals surface area contributed by atoms with Crippen molar-refractivity contribution < 1.29 is 23.6 Å². The van der Waals surface area contributed by atoms with Crippen molar-refractivity contribution in [2.75, 3.05) is 64.8 Å². The summed E-state index contributed by atoms with van der Waals surface area (Å²) in [4.78, 5) is 72.1. The highest BCUT2D eigenvalue weighted by Gasteiger charge is 2.31. The number of benzene rings is 3. The Morgan fingerprint density at radius 3 is 2.46 bits per heavy atom. The van der Waals surface area contributed by atoms with Crippen molar-refractivity contribution in [3.63, 3.8) is 0 Å². The molecule has 4 amide bonds. The van der Waals surface area contributed by atoms with Crippen LogP contribution < -0.4 is 15.9 Å². The minimum absolute atomic E-state index is 0.0709. The zero-order chi connectivity index (χ0) is 43.8. The Kier molecular flexibility index (Phi) is 11.5. The second-order valence-electron chi connectivity index (χ2n) is 17.0. The van der Waals surface area contributed by atoms with Crippen LogP contribution in [0.5, 0.6) is 0 Å². The third-order valence-electron chi connectivity index (χ3n) is 12.7. The first-order chi connectivity index (χ1) is 30.5. The average molecular weight is 853 g/mol. The number of hydrogen-bond donors (Lipinski definition) is 1. The summed E-state index contributed by atoms with van der Waals surface area (Å²) in [6, 6.07) is 19.9. The van der Waals surface area contributed by atoms with E-state index in [0.717, 1.165) is 96.4 Å². The Hall–Kier alpha value is -6.81. The number of nitrogens with one attached hydrogen (secondary N) is 1. The van der Waals surface area contributed by atoms with E-state index in [-0.39, 0.29) is 35.6 Å². The fourth-order valence-corrected chi connectivity index (χ4v) is 9.15. The summed E-state index contributed by atoms with van der Waals surface area (Å²) in [6.45, 7) is 6.27. The summed E-state index contributed by atoms with van der Waals surface area (Å²) in [5.74, 6) is -0.589. The lowest BCUT2D eigenvalue weighted by molar-refractivity contribution is -0.136. The molecule has 3 aromatic carbocycles. The molecule has 3 aliphatic rings. The van der Waals surface area contributed by atoms with E-state index in [9.17, 15) is 24.0 Å². The number of carbonyl (C=O) groups excluding carboxylic acids is 4. The molecule has 1 atom stereocenters. The molecular formula is C47H52N10O6. The first-order valence-electron chi connectivity index (χ1n) is 21.7. The summed E-state index contributed by atoms with van der Waals surface area (Å²) in [7, 11) is 5.15. The molecule has 1 unspecified atom stereocenters. The molecule has 0 aliphatic carbocycles. The highest BCUT2D eigenvalue weighted by Crippen LogP contribution is 2.37. The largest absolute Gasteiger partial charge is 0.450 e. The Morgan fingerprint density at radius 1 is 0.905 bits per heavy atom. The zero-order valence-electron chi connectivity index (χ0n) is 36.0. The number of aryl methyl sites for hydroxylation is 3. The summed E-state index contributed by atoms with van der Waals surface area (Å²) in [5, 5.41) is 11.0. The van der Waals surface area contributed by atoms with Gasteiger partial charge in [-0.2, -0.15) is 0 Å². The molecule has 3 aromatic heterocycles. The molecule has 9 rings (SSSR count). The van der Waals surface area contributed by atoms with E-state index in [1.165, 1.54) is 9.47 Å². The molecule has 6 heterocycles. The quantitative estimate of drug-likeness (QED) is 0.174. The van der Waals surface area contributed by atoms with Crippen molar-refractivity contribution in [1.29, 1.82) is 0 Å². The zero-order valence-corrected chi connectivity index (χ0v) is 36.0. The summed E-state index contributed by atoms with van der Waals surface area (Å²) >= 11 is 0. The van der Waals surface area contributed by atoms with Gasteiger partial charge in [0.2, 0.25) is 17.7 Å². The van der Waals surface area contributed by atoms with Crippen molar-refractivity contribution >= 4 is 56.9 Å². The number of furan rings is 1. The number of imide groups is 1. The number of aromatic nitrogens is 5. The molecule has 0 saturated carbocycles. The third-order valence-corrected chi connectivity index (χ3v) is 12.7. The average Bonchev–Trinajstić information content (AvgIpc) is 4.04. The summed E-state index contributed by atoms with van der Waals surface area (Å²) < 4.78 is 11.1. The molecule has 63 heavy (non-hydrogen) atoms. The van der Waals surface area contributed by atoms with E-state index in [0.29, 0.717) is 43.6 Å². The van der Waals surface area contributed by atoms with E-state index in [4.69, 9.17) is 4.42 Å². The highest BCUT2D eigenvalue weighted by atomic mass is 16.3. The van der Waals surface area contributed by atoms with E-state index in [1.54, 1.807) is 42.8 Å². The molecule has 3 aliphatic heterocycles. The van der Waals surface area contributed by atoms with Gasteiger partial charge in [0.1, 0.15) is 11.6 Å². The van der Waals surface area contributed by atoms with Crippen LogP contribution in [0.1, 0.15) is 59.8 Å². The lowest BCUT2D eigenvalue weighted by Crippen LogP contribution is -2.46. The lowest BCUT2D eigenvalue weighted by atomic mass is 9.94. The number of nitrogens with zero attached hydrogens (tertiary/aromatic N) is 9. The number of carbonyl (C=O) groups is 4. The molecule has 326 valence electrons. The number of fused-ring (bicyclic) bond motifs is 2. The smallest absolute Gasteiger partial charge is 0.329 e. The van der Waals surface area contributed by atoms with Gasteiger partial charge in [-0.05, 0) is 97.0 Å². The van der Waals surface area contributed by atoms with Gasteiger partial charge in [0, 0.05) is 96.1 Å². The second kappa shape index (κ2) is 17.5. The SMILES string of the molecule is CN(C)C(=O)c1cc2cc(C3=CCCN(C(=O)CCn4ccnn4)C3)cc(-c3ccc(N4CCN(CCCc5ccc6c(c5)n(C)c(=O)n6C5CCC(=O)NC5=O)CC4)cc3)c2o1. The molecule has 6 aromatic rings. The minimum Gasteiger partial charge on any atom is -0.450 e. The lowest BCUT2D eigenvalue weighted by Gasteiger charge is -2.36. The van der Waals surface area contributed by atoms with Gasteiger partial charge in [0.25, 0.3) is 5.91 Å². The number of piperazine rings is 1. The Labute approximate surface area is 364 Å². The van der Waals surface area contributed by atoms with Gasteiger partial charge in [-0.25, -0.2) is 4.79 Å². The van der Waals surface area contributed by atoms with Crippen LogP contribution in [-0.2, 0) is 34.4 Å². The van der Waals surface area contributed by atoms with Gasteiger partial charge in [0.15, 0.2) is 5.76 Å². The van der Waals surface area contributed by atoms with Crippen LogP contribution in [0, 0.1) is 0 Å². The highest BCUT2D eigenvalue weighted by molar-refractivity contribution is 6.02. The number of imidazole rings is 1. The van der Waals surface area contributed by atoms with Gasteiger partial charge in [-0.1, -0.05) is 29.5 Å². The summed E-state index contributed by atoms with van der Waals surface area (Å²) in [6.07, 6.45) is 9.03. The molecule has 2 fully saturated rings. The predicted molar refractivity (Wildman–Crippen MR) is 239 cm³/mol. The fourth-order valence-electron chi connectivity index (χ4n) is 9.15. The molecule has 2 saturated heterocycles. The maximum atomic E-state index is 13.2. The maximum absolute atomic E-state index is 13.2. The van der Waals surface area contributed by atoms with Crippen LogP contribution in [0.25, 0.3) is 38.7 Å². The van der Waals surface area contributed by atoms with Crippen LogP contribution in [0.2, 0.25) is 0 Å². The molecule has 1 N–H and O–H groups in total. The van der Waals surface area contributed by atoms with Crippen molar-refractivity contribution in [2.45, 2.75) is 51.1 Å². The minimum atomic E-state index is -0.694. The summed E-state index contributed by atoms with van der Waals surface area (Å²) in [5.41, 5.74) is 8.08. The van der Waals surface area contributed by atoms with Crippen molar-refractivity contribution in [2.24, 2.45) is 7.05 Å². The molecule has 16 nitrogen and oxygen atoms in total. The van der Waals surface area contributed by atoms with E-state index in [1.807, 2.05) is 29.2 Å². The maximum Gasteiger partial charge on any atom is 0.329 e. The van der Waals surface area contributed by atoms with Crippen molar-refractivity contribution in [3.8, 4) is 11.1 Å². The topological polar surface area (TPSA) is 164 Å². The molecule has 0 radical (unpaired) electrons. The first-order valence-corrected chi connectivity index (χ1v) is 21.7. The van der Waals surface area contributed by atoms with Gasteiger partial charge in [-0.15, -0.1) is 5.10 Å². The van der Waals surface area contributed by atoms with Crippen molar-refractivity contribution in [1.82, 2.24) is 44.1 Å². The Morgan fingerprint density at radius 2 is 1.71 bits per heavy atom. The number of hydrogen-bond acceptors (Lipinski definition) is 10. The number of amides is 4. The second-order valence-corrected chi connectivity index (χ2v) is 17.0. The van der Waals surface area contributed by atoms with E-state index >= 15 is 0 Å². The van der Waals surface area contributed by atoms with E-state index in [2.05, 4.69) is 67.9 Å². The monoisotopic (exact) mass is 852 g/mol. The third kappa shape index (κ3) is 8.54. The van der Waals surface area contributed by atoms with Gasteiger partial charge in [-0.3, -0.25) is 43.2 Å². The van der Waals surface area contributed by atoms with Crippen LogP contribution in [0.4, 0.5) is 5.69 Å². The van der Waals surface area contributed by atoms with Gasteiger partial charge >= 0.3 is 5.69 Å². The number of piperidine rings is 1. The van der Waals surface area contributed by atoms with Crippen LogP contribution in [-0.4, -0.2) is 122 Å². The normalized spacial score (nSPS) is 17.4. The molecular weight excluding hydrogens is 801 g/mol. The first kappa shape index (κ1) is 41.5. The molecule has 0 bridgehead atoms. The van der Waals surface area contributed by atoms with Crippen molar-refractivity contribution in [3.05, 3.63) is 107 Å². The number of rotatable bonds is 12. The Bertz CT molecular complexity index is 2790. The molecule has 16 heteroatoms. The van der Waals surface area contributed by atoms with Crippen LogP contribution in [0.15, 0.2) is 88.3 Å². The Balaban J connectivity index is 0.844. The number of anilines is 1. The molecule has 0 spiro atoms. The van der Waals surface area contributed by atoms with Gasteiger partial charge < -0.3 is 19.1 Å². The van der Waals surface area contributed by atoms with Crippen LogP contribution in [0.3, 0.4) is 0 Å². The predicted octanol–water partition coefficient (Wildman–Crippen LogP) is 4.49. The van der Waals surface area contributed by atoms with E-state index < -0.39 is 11.9 Å². The van der Waals surface area contributed by atoms with Crippen LogP contribution >= 0.6 is 0 Å². The standard InChI is InChI=1S/C47H52N10O6/c1-51(2)46(61)41-29-35-27-34(33-7-5-19-55(30-33)43(59)16-20-56-21-17-48-50-56)28-37(44(35)63-41)32-9-11-36(12-10-32)54-24-22-53(23-25-54)18-4-6-31-8-13-38-40(26-31)52(3)47(62)57(38)39-14-15-42(58)49-45(39)60/h7-13,17,21,26-29,39H,4-6,14-16,18-20,22-25,30H2,1-3H3,(H,49,58,60). The fraction of sp³-hybridized carbons (Fsp3) is 0.383.